The topological polar surface area (TPSA) is 119 Å². The predicted molar refractivity (Wildman–Crippen MR) is 160 cm³/mol. The number of carbonyl (C=O) groups excluding carboxylic acids is 2. The van der Waals surface area contributed by atoms with Gasteiger partial charge in [-0.15, -0.1) is 0 Å². The molecule has 2 aromatic carbocycles. The van der Waals surface area contributed by atoms with Gasteiger partial charge in [-0.05, 0) is 72.8 Å². The molecule has 43 heavy (non-hydrogen) atoms. The second-order valence-electron chi connectivity index (χ2n) is 13.8. The van der Waals surface area contributed by atoms with E-state index in [0.29, 0.717) is 19.4 Å². The molecule has 226 valence electrons. The summed E-state index contributed by atoms with van der Waals surface area (Å²) in [6, 6.07) is 16.3. The molecule has 1 saturated heterocycles. The summed E-state index contributed by atoms with van der Waals surface area (Å²) in [5.41, 5.74) is 8.62. The Hall–Kier alpha value is -2.94. The van der Waals surface area contributed by atoms with Crippen LogP contribution >= 0.6 is 0 Å². The number of aliphatic hydroxyl groups excluding tert-OH is 2. The Kier molecular flexibility index (Phi) is 6.91. The number of aliphatic hydroxyl groups is 2. The molecule has 1 heterocycles. The van der Waals surface area contributed by atoms with Gasteiger partial charge in [0.25, 0.3) is 0 Å². The fraction of sp³-hybridized carbons (Fsp3) is 0.500. The van der Waals surface area contributed by atoms with Crippen molar-refractivity contribution in [3.8, 4) is 0 Å². The van der Waals surface area contributed by atoms with Gasteiger partial charge in [-0.1, -0.05) is 74.0 Å². The monoisotopic (exact) mass is 583 g/mol. The third kappa shape index (κ3) is 4.20. The van der Waals surface area contributed by atoms with E-state index < -0.39 is 41.5 Å². The molecule has 1 aliphatic heterocycles. The average Bonchev–Trinajstić information content (AvgIpc) is 3.50. The Morgan fingerprint density at radius 3 is 2.60 bits per heavy atom. The van der Waals surface area contributed by atoms with Crippen molar-refractivity contribution in [2.75, 3.05) is 6.61 Å². The average molecular weight is 584 g/mol. The molecular formula is C36H41NO6. The molecule has 0 radical (unpaired) electrons. The van der Waals surface area contributed by atoms with Crippen LogP contribution in [0.1, 0.15) is 68.1 Å². The molecule has 5 aliphatic rings. The molecule has 4 fully saturated rings. The molecule has 7 rings (SSSR count). The van der Waals surface area contributed by atoms with Crippen molar-refractivity contribution in [3.05, 3.63) is 94.6 Å². The number of hydrogen-bond acceptors (Lipinski definition) is 7. The van der Waals surface area contributed by atoms with E-state index >= 15 is 0 Å². The quantitative estimate of drug-likeness (QED) is 0.463. The van der Waals surface area contributed by atoms with Crippen LogP contribution in [0.4, 0.5) is 0 Å². The lowest BCUT2D eigenvalue weighted by Crippen LogP contribution is -2.63. The van der Waals surface area contributed by atoms with Crippen molar-refractivity contribution >= 4 is 11.6 Å². The zero-order chi connectivity index (χ0) is 30.1. The largest absolute Gasteiger partial charge is 0.393 e. The number of ketones is 2. The Balaban J connectivity index is 1.20. The van der Waals surface area contributed by atoms with Crippen LogP contribution in [0, 0.1) is 28.6 Å². The molecule has 0 amide bonds. The molecule has 4 N–H and O–H groups in total. The number of fused-ring (bicyclic) bond motifs is 7. The Morgan fingerprint density at radius 2 is 1.84 bits per heavy atom. The molecule has 0 unspecified atom stereocenters. The maximum atomic E-state index is 13.8. The van der Waals surface area contributed by atoms with Crippen molar-refractivity contribution < 1.29 is 29.3 Å². The summed E-state index contributed by atoms with van der Waals surface area (Å²) in [4.78, 5) is 26.0. The van der Waals surface area contributed by atoms with Crippen molar-refractivity contribution in [2.24, 2.45) is 34.3 Å². The fourth-order valence-electron chi connectivity index (χ4n) is 9.79. The maximum Gasteiger partial charge on any atom is 0.193 e. The van der Waals surface area contributed by atoms with Gasteiger partial charge in [-0.3, -0.25) is 9.59 Å². The number of benzene rings is 2. The van der Waals surface area contributed by atoms with E-state index in [9.17, 15) is 19.8 Å². The lowest BCUT2D eigenvalue weighted by Gasteiger charge is -2.59. The highest BCUT2D eigenvalue weighted by Crippen LogP contribution is 2.70. The summed E-state index contributed by atoms with van der Waals surface area (Å²) < 4.78 is 13.4. The lowest BCUT2D eigenvalue weighted by molar-refractivity contribution is -0.201. The first-order chi connectivity index (χ1) is 20.6. The first-order valence-electron chi connectivity index (χ1n) is 15.6. The molecule has 9 atom stereocenters. The molecule has 2 aromatic rings. The summed E-state index contributed by atoms with van der Waals surface area (Å²) in [6.07, 6.45) is 6.70. The van der Waals surface area contributed by atoms with E-state index in [1.54, 1.807) is 12.2 Å². The van der Waals surface area contributed by atoms with E-state index in [0.717, 1.165) is 47.1 Å². The molecule has 0 bridgehead atoms. The van der Waals surface area contributed by atoms with Crippen LogP contribution in [0.2, 0.25) is 0 Å². The lowest BCUT2D eigenvalue weighted by atomic mass is 9.46. The molecular weight excluding hydrogens is 542 g/mol. The van der Waals surface area contributed by atoms with E-state index in [1.165, 1.54) is 0 Å². The Morgan fingerprint density at radius 1 is 1.09 bits per heavy atom. The van der Waals surface area contributed by atoms with Crippen LogP contribution < -0.4 is 5.73 Å². The molecule has 4 aliphatic carbocycles. The highest BCUT2D eigenvalue weighted by atomic mass is 16.7. The van der Waals surface area contributed by atoms with Crippen molar-refractivity contribution in [3.63, 3.8) is 0 Å². The fourth-order valence-corrected chi connectivity index (χ4v) is 9.79. The maximum absolute atomic E-state index is 13.8. The minimum atomic E-state index is -1.36. The van der Waals surface area contributed by atoms with Crippen molar-refractivity contribution in [2.45, 2.75) is 76.6 Å². The standard InChI is InChI=1S/C36H41NO6/c1-34-12-11-26(39)16-25(34)9-10-27-28-17-31-36(30(41)20-38,35(28,2)18-29(40)32(27)34)43-33(42-31)24-8-4-6-22(15-24)13-21-5-3-7-23(14-21)19-37/h3-8,11-12,14-16,27-29,31-33,38,40H,9-10,13,17-20,37H2,1-2H3/t27-,28-,29-,31+,32+,33+,34-,35-,36+/m0/s1. The molecule has 7 heteroatoms. The first-order valence-corrected chi connectivity index (χ1v) is 15.6. The molecule has 3 saturated carbocycles. The number of ether oxygens (including phenoxy) is 2. The van der Waals surface area contributed by atoms with E-state index in [2.05, 4.69) is 38.1 Å². The van der Waals surface area contributed by atoms with E-state index in [4.69, 9.17) is 15.2 Å². The smallest absolute Gasteiger partial charge is 0.193 e. The van der Waals surface area contributed by atoms with Gasteiger partial charge in [0, 0.05) is 28.9 Å². The van der Waals surface area contributed by atoms with Gasteiger partial charge in [0.2, 0.25) is 0 Å². The van der Waals surface area contributed by atoms with Crippen LogP contribution in [0.15, 0.2) is 72.3 Å². The predicted octanol–water partition coefficient (Wildman–Crippen LogP) is 4.34. The number of allylic oxidation sites excluding steroid dienone is 4. The van der Waals surface area contributed by atoms with E-state index in [-0.39, 0.29) is 29.3 Å². The number of hydrogen-bond donors (Lipinski definition) is 3. The normalized spacial score (nSPS) is 39.5. The van der Waals surface area contributed by atoms with Gasteiger partial charge in [0.15, 0.2) is 23.5 Å². The highest BCUT2D eigenvalue weighted by molar-refractivity contribution is 6.01. The number of Topliss-reactive ketones (excluding diaryl/α,β-unsaturated/α-hetero) is 1. The van der Waals surface area contributed by atoms with Crippen LogP contribution in [0.3, 0.4) is 0 Å². The molecule has 0 spiro atoms. The van der Waals surface area contributed by atoms with Gasteiger partial charge in [0.1, 0.15) is 6.61 Å². The van der Waals surface area contributed by atoms with E-state index in [1.807, 2.05) is 30.3 Å². The third-order valence-corrected chi connectivity index (χ3v) is 11.7. The second kappa shape index (κ2) is 10.3. The number of rotatable bonds is 6. The first kappa shape index (κ1) is 28.8. The summed E-state index contributed by atoms with van der Waals surface area (Å²) in [6.45, 7) is 4.04. The van der Waals surface area contributed by atoms with Gasteiger partial charge in [0.05, 0.1) is 12.2 Å². The zero-order valence-corrected chi connectivity index (χ0v) is 24.9. The molecule has 7 nitrogen and oxygen atoms in total. The number of carbonyl (C=O) groups is 2. The van der Waals surface area contributed by atoms with Crippen LogP contribution in [-0.2, 0) is 32.0 Å². The highest BCUT2D eigenvalue weighted by Gasteiger charge is 2.75. The van der Waals surface area contributed by atoms with Gasteiger partial charge >= 0.3 is 0 Å². The van der Waals surface area contributed by atoms with Gasteiger partial charge in [-0.2, -0.15) is 0 Å². The minimum Gasteiger partial charge on any atom is -0.393 e. The third-order valence-electron chi connectivity index (χ3n) is 11.7. The van der Waals surface area contributed by atoms with Gasteiger partial charge in [-0.25, -0.2) is 0 Å². The summed E-state index contributed by atoms with van der Waals surface area (Å²) >= 11 is 0. The SMILES string of the molecule is C[C@]12C=CC(=O)C=C1CC[C@@H]1[C@@H]2[C@@H](O)C[C@@]2(C)[C@H]1C[C@H]1O[C@@H](c3cccc(Cc4cccc(CN)c4)c3)O[C@]12C(=O)CO. The van der Waals surface area contributed by atoms with Crippen LogP contribution in [0.5, 0.6) is 0 Å². The van der Waals surface area contributed by atoms with Crippen molar-refractivity contribution in [1.82, 2.24) is 0 Å². The summed E-state index contributed by atoms with van der Waals surface area (Å²) in [5, 5.41) is 22.1. The number of nitrogens with two attached hydrogens (primary N) is 1. The second-order valence-corrected chi connectivity index (χ2v) is 13.8. The minimum absolute atomic E-state index is 0.00458. The van der Waals surface area contributed by atoms with Gasteiger partial charge < -0.3 is 25.4 Å². The summed E-state index contributed by atoms with van der Waals surface area (Å²) in [7, 11) is 0. The Bertz CT molecular complexity index is 1530. The van der Waals surface area contributed by atoms with Crippen LogP contribution in [-0.4, -0.2) is 46.2 Å². The zero-order valence-electron chi connectivity index (χ0n) is 24.9. The Labute approximate surface area is 252 Å². The van der Waals surface area contributed by atoms with Crippen molar-refractivity contribution in [1.29, 1.82) is 0 Å². The molecule has 0 aromatic heterocycles. The summed E-state index contributed by atoms with van der Waals surface area (Å²) in [5.74, 6) is -0.254. The van der Waals surface area contributed by atoms with Crippen LogP contribution in [0.25, 0.3) is 0 Å².